The first-order valence-corrected chi connectivity index (χ1v) is 8.71. The van der Waals surface area contributed by atoms with Crippen molar-refractivity contribution in [3.8, 4) is 0 Å². The second kappa shape index (κ2) is 11.4. The fraction of sp³-hybridized carbons (Fsp3) is 0.778. The molecule has 4 heteroatoms. The Kier molecular flexibility index (Phi) is 9.80. The average Bonchev–Trinajstić information content (AvgIpc) is 3.22. The van der Waals surface area contributed by atoms with Crippen molar-refractivity contribution < 1.29 is 19.4 Å². The van der Waals surface area contributed by atoms with Gasteiger partial charge in [0.15, 0.2) is 5.78 Å². The maximum absolute atomic E-state index is 11.7. The van der Waals surface area contributed by atoms with E-state index in [4.69, 9.17) is 9.84 Å². The molecule has 1 saturated heterocycles. The summed E-state index contributed by atoms with van der Waals surface area (Å²) in [5, 5.41) is 8.51. The molecule has 126 valence electrons. The molecule has 1 fully saturated rings. The van der Waals surface area contributed by atoms with Crippen molar-refractivity contribution >= 4 is 11.8 Å². The van der Waals surface area contributed by atoms with Crippen molar-refractivity contribution in [3.05, 3.63) is 12.2 Å². The molecule has 0 radical (unpaired) electrons. The minimum absolute atomic E-state index is 0.164. The number of unbranched alkanes of at least 4 members (excludes halogenated alkanes) is 6. The summed E-state index contributed by atoms with van der Waals surface area (Å²) in [4.78, 5) is 22.0. The minimum Gasteiger partial charge on any atom is -0.481 e. The molecule has 0 aromatic rings. The molecule has 1 aliphatic rings. The van der Waals surface area contributed by atoms with Crippen LogP contribution >= 0.6 is 0 Å². The summed E-state index contributed by atoms with van der Waals surface area (Å²) in [6, 6.07) is 0. The van der Waals surface area contributed by atoms with Crippen molar-refractivity contribution in [3.63, 3.8) is 0 Å². The van der Waals surface area contributed by atoms with Crippen LogP contribution in [-0.4, -0.2) is 29.1 Å². The normalized spacial score (nSPS) is 20.4. The Bertz CT molecular complexity index is 362. The fourth-order valence-electron chi connectivity index (χ4n) is 2.54. The lowest BCUT2D eigenvalue weighted by Gasteiger charge is -1.98. The van der Waals surface area contributed by atoms with Crippen molar-refractivity contribution in [1.82, 2.24) is 0 Å². The van der Waals surface area contributed by atoms with E-state index in [1.807, 2.05) is 6.08 Å². The van der Waals surface area contributed by atoms with Crippen LogP contribution in [0.4, 0.5) is 0 Å². The second-order valence-corrected chi connectivity index (χ2v) is 6.12. The molecule has 22 heavy (non-hydrogen) atoms. The van der Waals surface area contributed by atoms with E-state index in [1.165, 1.54) is 19.3 Å². The number of ether oxygens (including phenoxy) is 1. The van der Waals surface area contributed by atoms with Gasteiger partial charge in [0.2, 0.25) is 0 Å². The van der Waals surface area contributed by atoms with Crippen LogP contribution in [0.1, 0.15) is 77.6 Å². The van der Waals surface area contributed by atoms with Gasteiger partial charge < -0.3 is 9.84 Å². The molecule has 1 N–H and O–H groups in total. The van der Waals surface area contributed by atoms with Crippen LogP contribution in [-0.2, 0) is 14.3 Å². The smallest absolute Gasteiger partial charge is 0.303 e. The molecule has 1 heterocycles. The number of ketones is 1. The Morgan fingerprint density at radius 2 is 1.68 bits per heavy atom. The molecule has 1 aliphatic heterocycles. The van der Waals surface area contributed by atoms with Gasteiger partial charge >= 0.3 is 5.97 Å². The number of carbonyl (C=O) groups is 2. The molecule has 1 rings (SSSR count). The zero-order valence-corrected chi connectivity index (χ0v) is 13.8. The van der Waals surface area contributed by atoms with Gasteiger partial charge in [0, 0.05) is 12.8 Å². The number of hydrogen-bond acceptors (Lipinski definition) is 3. The Morgan fingerprint density at radius 3 is 2.36 bits per heavy atom. The highest BCUT2D eigenvalue weighted by molar-refractivity contribution is 5.89. The summed E-state index contributed by atoms with van der Waals surface area (Å²) in [6.07, 6.45) is 14.3. The van der Waals surface area contributed by atoms with E-state index < -0.39 is 5.97 Å². The summed E-state index contributed by atoms with van der Waals surface area (Å²) >= 11 is 0. The molecular formula is C18H30O4. The molecular weight excluding hydrogens is 280 g/mol. The lowest BCUT2D eigenvalue weighted by Crippen LogP contribution is -1.96. The van der Waals surface area contributed by atoms with E-state index in [-0.39, 0.29) is 18.3 Å². The Hall–Kier alpha value is -1.16. The molecule has 0 aromatic heterocycles. The number of hydrogen-bond donors (Lipinski definition) is 1. The van der Waals surface area contributed by atoms with Crippen molar-refractivity contribution in [2.45, 2.75) is 89.8 Å². The molecule has 0 amide bonds. The number of aliphatic carboxylic acids is 1. The van der Waals surface area contributed by atoms with Crippen LogP contribution in [0.2, 0.25) is 0 Å². The van der Waals surface area contributed by atoms with Crippen molar-refractivity contribution in [2.24, 2.45) is 0 Å². The van der Waals surface area contributed by atoms with E-state index in [0.717, 1.165) is 38.5 Å². The Morgan fingerprint density at radius 1 is 1.00 bits per heavy atom. The van der Waals surface area contributed by atoms with E-state index in [2.05, 4.69) is 6.92 Å². The van der Waals surface area contributed by atoms with Gasteiger partial charge in [-0.15, -0.1) is 0 Å². The molecule has 0 aliphatic carbocycles. The number of epoxide rings is 1. The largest absolute Gasteiger partial charge is 0.481 e. The van der Waals surface area contributed by atoms with Crippen LogP contribution < -0.4 is 0 Å². The maximum Gasteiger partial charge on any atom is 0.303 e. The standard InChI is InChI=1S/C18H30O4/c1-2-3-7-11-16-17(22-16)14-13-15(19)10-8-5-4-6-9-12-18(20)21/h13-14,16-17H,2-12H2,1H3,(H,20,21)/b14-13+/t16-,17-/m1/s1. The van der Waals surface area contributed by atoms with Gasteiger partial charge in [0.25, 0.3) is 0 Å². The zero-order valence-electron chi connectivity index (χ0n) is 13.8. The van der Waals surface area contributed by atoms with Crippen LogP contribution in [0.5, 0.6) is 0 Å². The first-order chi connectivity index (χ1) is 10.6. The summed E-state index contributed by atoms with van der Waals surface area (Å²) < 4.78 is 5.52. The van der Waals surface area contributed by atoms with Crippen LogP contribution in [0.15, 0.2) is 12.2 Å². The number of carbonyl (C=O) groups excluding carboxylic acids is 1. The predicted molar refractivity (Wildman–Crippen MR) is 86.9 cm³/mol. The third-order valence-electron chi connectivity index (χ3n) is 4.00. The summed E-state index contributed by atoms with van der Waals surface area (Å²) in [6.45, 7) is 2.19. The van der Waals surface area contributed by atoms with Gasteiger partial charge in [-0.25, -0.2) is 0 Å². The van der Waals surface area contributed by atoms with Crippen LogP contribution in [0.3, 0.4) is 0 Å². The highest BCUT2D eigenvalue weighted by atomic mass is 16.6. The molecule has 0 saturated carbocycles. The van der Waals surface area contributed by atoms with E-state index in [1.54, 1.807) is 6.08 Å². The fourth-order valence-corrected chi connectivity index (χ4v) is 2.54. The quantitative estimate of drug-likeness (QED) is 0.295. The highest BCUT2D eigenvalue weighted by Crippen LogP contribution is 2.28. The first kappa shape index (κ1) is 18.9. The summed E-state index contributed by atoms with van der Waals surface area (Å²) in [7, 11) is 0. The molecule has 0 spiro atoms. The van der Waals surface area contributed by atoms with E-state index in [9.17, 15) is 9.59 Å². The second-order valence-electron chi connectivity index (χ2n) is 6.12. The first-order valence-electron chi connectivity index (χ1n) is 8.71. The third kappa shape index (κ3) is 9.72. The Balaban J connectivity index is 1.93. The molecule has 0 aromatic carbocycles. The lowest BCUT2D eigenvalue weighted by molar-refractivity contribution is -0.137. The summed E-state index contributed by atoms with van der Waals surface area (Å²) in [5.74, 6) is -0.552. The van der Waals surface area contributed by atoms with E-state index in [0.29, 0.717) is 12.5 Å². The average molecular weight is 310 g/mol. The Labute approximate surface area is 133 Å². The summed E-state index contributed by atoms with van der Waals surface area (Å²) in [5.41, 5.74) is 0. The molecule has 0 unspecified atom stereocenters. The molecule has 0 bridgehead atoms. The third-order valence-corrected chi connectivity index (χ3v) is 4.00. The van der Waals surface area contributed by atoms with Gasteiger partial charge in [-0.2, -0.15) is 0 Å². The molecule has 4 nitrogen and oxygen atoms in total. The maximum atomic E-state index is 11.7. The predicted octanol–water partition coefficient (Wildman–Crippen LogP) is 4.27. The van der Waals surface area contributed by atoms with E-state index >= 15 is 0 Å². The number of carboxylic acids is 1. The number of allylic oxidation sites excluding steroid dienone is 1. The van der Waals surface area contributed by atoms with Crippen LogP contribution in [0.25, 0.3) is 0 Å². The monoisotopic (exact) mass is 310 g/mol. The number of carboxylic acid groups (broad SMARTS) is 1. The van der Waals surface area contributed by atoms with Gasteiger partial charge in [-0.1, -0.05) is 45.4 Å². The van der Waals surface area contributed by atoms with Gasteiger partial charge in [0.05, 0.1) is 6.10 Å². The zero-order chi connectivity index (χ0) is 16.2. The SMILES string of the molecule is CCCCC[C@H]1O[C@@H]1/C=C/C(=O)CCCCCCCC(=O)O. The van der Waals surface area contributed by atoms with Gasteiger partial charge in [-0.3, -0.25) is 9.59 Å². The van der Waals surface area contributed by atoms with Gasteiger partial charge in [0.1, 0.15) is 6.10 Å². The minimum atomic E-state index is -0.726. The highest BCUT2D eigenvalue weighted by Gasteiger charge is 2.35. The van der Waals surface area contributed by atoms with Crippen molar-refractivity contribution in [1.29, 1.82) is 0 Å². The number of rotatable bonds is 14. The van der Waals surface area contributed by atoms with Gasteiger partial charge in [-0.05, 0) is 31.4 Å². The topological polar surface area (TPSA) is 66.9 Å². The molecule has 2 atom stereocenters. The van der Waals surface area contributed by atoms with Crippen LogP contribution in [0, 0.1) is 0 Å². The van der Waals surface area contributed by atoms with Crippen molar-refractivity contribution in [2.75, 3.05) is 0 Å². The lowest BCUT2D eigenvalue weighted by atomic mass is 10.1.